The summed E-state index contributed by atoms with van der Waals surface area (Å²) in [6.07, 6.45) is 2.03. The van der Waals surface area contributed by atoms with Crippen LogP contribution in [0.15, 0.2) is 58.3 Å². The van der Waals surface area contributed by atoms with Crippen molar-refractivity contribution in [3.63, 3.8) is 0 Å². The van der Waals surface area contributed by atoms with Gasteiger partial charge in [-0.3, -0.25) is 9.59 Å². The molecule has 2 aromatic carbocycles. The maximum absolute atomic E-state index is 12.5. The van der Waals surface area contributed by atoms with Gasteiger partial charge in [-0.05, 0) is 68.3 Å². The lowest BCUT2D eigenvalue weighted by Gasteiger charge is -2.15. The summed E-state index contributed by atoms with van der Waals surface area (Å²) in [6, 6.07) is 11.7. The second kappa shape index (κ2) is 10.6. The van der Waals surface area contributed by atoms with E-state index in [1.807, 2.05) is 0 Å². The molecule has 178 valence electrons. The molecule has 1 saturated heterocycles. The molecule has 11 heteroatoms. The lowest BCUT2D eigenvalue weighted by atomic mass is 10.1. The number of sulfonamides is 2. The van der Waals surface area contributed by atoms with E-state index in [0.29, 0.717) is 19.5 Å². The Kier molecular flexibility index (Phi) is 8.01. The number of carbonyl (C=O) groups excluding carboxylic acids is 2. The summed E-state index contributed by atoms with van der Waals surface area (Å²) >= 11 is 0. The Morgan fingerprint density at radius 1 is 0.909 bits per heavy atom. The molecule has 1 fully saturated rings. The van der Waals surface area contributed by atoms with E-state index in [1.54, 1.807) is 12.1 Å². The summed E-state index contributed by atoms with van der Waals surface area (Å²) in [5.41, 5.74) is 1.01. The van der Waals surface area contributed by atoms with Crippen LogP contribution in [0.4, 0.5) is 0 Å². The van der Waals surface area contributed by atoms with Crippen molar-refractivity contribution in [1.29, 1.82) is 0 Å². The van der Waals surface area contributed by atoms with Crippen molar-refractivity contribution in [1.82, 2.24) is 9.03 Å². The van der Waals surface area contributed by atoms with Crippen LogP contribution in [0.1, 0.15) is 35.2 Å². The number of ether oxygens (including phenoxy) is 1. The molecule has 2 aromatic rings. The first kappa shape index (κ1) is 25.0. The smallest absolute Gasteiger partial charge is 0.306 e. The van der Waals surface area contributed by atoms with Gasteiger partial charge < -0.3 is 4.74 Å². The number of esters is 1. The van der Waals surface area contributed by atoms with E-state index in [2.05, 4.69) is 4.72 Å². The van der Waals surface area contributed by atoms with Crippen molar-refractivity contribution in [2.45, 2.75) is 35.5 Å². The second-order valence-electron chi connectivity index (χ2n) is 7.57. The molecule has 0 radical (unpaired) electrons. The average Bonchev–Trinajstić information content (AvgIpc) is 3.37. The van der Waals surface area contributed by atoms with Gasteiger partial charge in [0.25, 0.3) is 0 Å². The third-order valence-electron chi connectivity index (χ3n) is 5.36. The highest BCUT2D eigenvalue weighted by Crippen LogP contribution is 2.21. The van der Waals surface area contributed by atoms with Crippen molar-refractivity contribution in [3.05, 3.63) is 59.7 Å². The minimum absolute atomic E-state index is 0.0262. The summed E-state index contributed by atoms with van der Waals surface area (Å²) in [7, 11) is -5.75. The van der Waals surface area contributed by atoms with E-state index in [9.17, 15) is 26.4 Å². The van der Waals surface area contributed by atoms with Crippen LogP contribution in [0.25, 0.3) is 0 Å². The summed E-state index contributed by atoms with van der Waals surface area (Å²) in [5, 5.41) is 0. The normalized spacial score (nSPS) is 14.8. The van der Waals surface area contributed by atoms with Crippen LogP contribution in [0.2, 0.25) is 0 Å². The monoisotopic (exact) mass is 494 g/mol. The van der Waals surface area contributed by atoms with Gasteiger partial charge in [0, 0.05) is 25.1 Å². The first-order valence-electron chi connectivity index (χ1n) is 10.4. The van der Waals surface area contributed by atoms with Gasteiger partial charge in [-0.2, -0.15) is 4.31 Å². The van der Waals surface area contributed by atoms with Gasteiger partial charge in [0.15, 0.2) is 12.4 Å². The van der Waals surface area contributed by atoms with E-state index < -0.39 is 38.4 Å². The number of hydrogen-bond donors (Lipinski definition) is 1. The van der Waals surface area contributed by atoms with Crippen LogP contribution < -0.4 is 4.72 Å². The number of benzene rings is 2. The molecular weight excluding hydrogens is 468 g/mol. The van der Waals surface area contributed by atoms with E-state index in [-0.39, 0.29) is 21.8 Å². The maximum Gasteiger partial charge on any atom is 0.306 e. The third-order valence-corrected chi connectivity index (χ3v) is 8.71. The molecule has 0 amide bonds. The van der Waals surface area contributed by atoms with Crippen LogP contribution >= 0.6 is 0 Å². The molecule has 1 aliphatic heterocycles. The lowest BCUT2D eigenvalue weighted by Crippen LogP contribution is -2.27. The number of rotatable bonds is 10. The van der Waals surface area contributed by atoms with Crippen molar-refractivity contribution >= 4 is 31.8 Å². The first-order chi connectivity index (χ1) is 15.6. The zero-order chi connectivity index (χ0) is 24.1. The maximum atomic E-state index is 12.5. The summed E-state index contributed by atoms with van der Waals surface area (Å²) in [4.78, 5) is 24.5. The molecule has 0 atom stereocenters. The molecule has 0 aliphatic carbocycles. The first-order valence-corrected chi connectivity index (χ1v) is 13.4. The van der Waals surface area contributed by atoms with Gasteiger partial charge in [-0.25, -0.2) is 21.6 Å². The molecule has 3 rings (SSSR count). The van der Waals surface area contributed by atoms with Crippen LogP contribution in [-0.2, 0) is 36.0 Å². The molecule has 0 bridgehead atoms. The average molecular weight is 495 g/mol. The zero-order valence-electron chi connectivity index (χ0n) is 18.2. The molecular formula is C22H26N2O7S2. The zero-order valence-corrected chi connectivity index (χ0v) is 19.8. The SMILES string of the molecule is CNS(=O)(=O)c1ccc(CCC(=O)OCC(=O)c2ccc(S(=O)(=O)N3CCCC3)cc2)cc1. The predicted octanol–water partition coefficient (Wildman–Crippen LogP) is 1.74. The van der Waals surface area contributed by atoms with Crippen LogP contribution in [-0.4, -0.2) is 59.6 Å². The minimum atomic E-state index is -3.55. The Hall–Kier alpha value is -2.60. The fourth-order valence-corrected chi connectivity index (χ4v) is 5.64. The molecule has 1 heterocycles. The van der Waals surface area contributed by atoms with Crippen molar-refractivity contribution in [2.75, 3.05) is 26.7 Å². The van der Waals surface area contributed by atoms with Gasteiger partial charge >= 0.3 is 5.97 Å². The Bertz CT molecular complexity index is 1200. The molecule has 9 nitrogen and oxygen atoms in total. The van der Waals surface area contributed by atoms with Crippen LogP contribution in [0.3, 0.4) is 0 Å². The molecule has 0 saturated carbocycles. The third kappa shape index (κ3) is 6.26. The Labute approximate surface area is 193 Å². The number of nitrogens with zero attached hydrogens (tertiary/aromatic N) is 1. The van der Waals surface area contributed by atoms with E-state index >= 15 is 0 Å². The number of nitrogens with one attached hydrogen (secondary N) is 1. The Balaban J connectivity index is 1.48. The molecule has 0 spiro atoms. The number of Topliss-reactive ketones (excluding diaryl/α,β-unsaturated/α-hetero) is 1. The van der Waals surface area contributed by atoms with E-state index in [1.165, 1.54) is 47.8 Å². The fourth-order valence-electron chi connectivity index (χ4n) is 3.39. The highest BCUT2D eigenvalue weighted by Gasteiger charge is 2.27. The van der Waals surface area contributed by atoms with Gasteiger partial charge in [-0.15, -0.1) is 0 Å². The largest absolute Gasteiger partial charge is 0.457 e. The molecule has 0 unspecified atom stereocenters. The highest BCUT2D eigenvalue weighted by atomic mass is 32.2. The van der Waals surface area contributed by atoms with Gasteiger partial charge in [0.1, 0.15) is 0 Å². The van der Waals surface area contributed by atoms with Crippen molar-refractivity contribution < 1.29 is 31.2 Å². The van der Waals surface area contributed by atoms with Gasteiger partial charge in [0.2, 0.25) is 20.0 Å². The standard InChI is InChI=1S/C22H26N2O7S2/c1-23-32(27,28)19-9-4-17(5-10-19)6-13-22(26)31-16-21(25)18-7-11-20(12-8-18)33(29,30)24-14-2-3-15-24/h4-5,7-12,23H,2-3,6,13-16H2,1H3. The fraction of sp³-hybridized carbons (Fsp3) is 0.364. The predicted molar refractivity (Wildman–Crippen MR) is 121 cm³/mol. The number of carbonyl (C=O) groups is 2. The minimum Gasteiger partial charge on any atom is -0.457 e. The molecule has 1 aliphatic rings. The number of hydrogen-bond acceptors (Lipinski definition) is 7. The number of aryl methyl sites for hydroxylation is 1. The summed E-state index contributed by atoms with van der Waals surface area (Å²) in [6.45, 7) is 0.548. The highest BCUT2D eigenvalue weighted by molar-refractivity contribution is 7.89. The number of ketones is 1. The second-order valence-corrected chi connectivity index (χ2v) is 11.4. The lowest BCUT2D eigenvalue weighted by molar-refractivity contribution is -0.142. The quantitative estimate of drug-likeness (QED) is 0.394. The Morgan fingerprint density at radius 3 is 2.06 bits per heavy atom. The van der Waals surface area contributed by atoms with Crippen LogP contribution in [0.5, 0.6) is 0 Å². The van der Waals surface area contributed by atoms with Gasteiger partial charge in [-0.1, -0.05) is 12.1 Å². The topological polar surface area (TPSA) is 127 Å². The summed E-state index contributed by atoms with van der Waals surface area (Å²) in [5.74, 6) is -1.00. The van der Waals surface area contributed by atoms with E-state index in [0.717, 1.165) is 18.4 Å². The summed E-state index contributed by atoms with van der Waals surface area (Å²) < 4.78 is 57.2. The Morgan fingerprint density at radius 2 is 1.48 bits per heavy atom. The molecule has 33 heavy (non-hydrogen) atoms. The van der Waals surface area contributed by atoms with Crippen molar-refractivity contribution in [2.24, 2.45) is 0 Å². The van der Waals surface area contributed by atoms with Crippen LogP contribution in [0, 0.1) is 0 Å². The van der Waals surface area contributed by atoms with Crippen molar-refractivity contribution in [3.8, 4) is 0 Å². The van der Waals surface area contributed by atoms with E-state index in [4.69, 9.17) is 4.74 Å². The van der Waals surface area contributed by atoms with Gasteiger partial charge in [0.05, 0.1) is 9.79 Å². The molecule has 1 N–H and O–H groups in total. The molecule has 0 aromatic heterocycles.